The third-order valence-corrected chi connectivity index (χ3v) is 15.2. The van der Waals surface area contributed by atoms with E-state index >= 15 is 0 Å². The van der Waals surface area contributed by atoms with Crippen LogP contribution in [0.25, 0.3) is 0 Å². The molecule has 0 spiro atoms. The molecule has 0 N–H and O–H groups in total. The summed E-state index contributed by atoms with van der Waals surface area (Å²) in [5.41, 5.74) is 0. The summed E-state index contributed by atoms with van der Waals surface area (Å²) < 4.78 is 17.0. The van der Waals surface area contributed by atoms with Gasteiger partial charge in [-0.25, -0.2) is 0 Å². The van der Waals surface area contributed by atoms with Gasteiger partial charge in [0.25, 0.3) is 0 Å². The van der Waals surface area contributed by atoms with Crippen molar-refractivity contribution in [3.05, 3.63) is 109 Å². The van der Waals surface area contributed by atoms with E-state index in [0.29, 0.717) is 19.3 Å². The van der Waals surface area contributed by atoms with Crippen LogP contribution >= 0.6 is 0 Å². The number of unbranched alkanes of at least 4 members (excludes halogenated alkanes) is 35. The summed E-state index contributed by atoms with van der Waals surface area (Å²) in [6.07, 6.45) is 96.8. The van der Waals surface area contributed by atoms with Gasteiger partial charge in [0.05, 0.1) is 0 Å². The third-order valence-electron chi connectivity index (χ3n) is 15.2. The first-order valence-corrected chi connectivity index (χ1v) is 35.4. The molecule has 1 unspecified atom stereocenters. The van der Waals surface area contributed by atoms with Crippen molar-refractivity contribution in [2.75, 3.05) is 13.2 Å². The molecule has 476 valence electrons. The first kappa shape index (κ1) is 79.1. The molecule has 0 aliphatic carbocycles. The Morgan fingerprint density at radius 2 is 0.470 bits per heavy atom. The van der Waals surface area contributed by atoms with Crippen molar-refractivity contribution in [2.45, 2.75) is 348 Å². The lowest BCUT2D eigenvalue weighted by molar-refractivity contribution is -0.167. The second kappa shape index (κ2) is 70.6. The maximum atomic E-state index is 12.9. The summed E-state index contributed by atoms with van der Waals surface area (Å²) in [4.78, 5) is 38.4. The predicted molar refractivity (Wildman–Crippen MR) is 362 cm³/mol. The number of esters is 3. The van der Waals surface area contributed by atoms with Gasteiger partial charge in [-0.3, -0.25) is 14.4 Å². The second-order valence-corrected chi connectivity index (χ2v) is 23.4. The van der Waals surface area contributed by atoms with Crippen LogP contribution in [0, 0.1) is 0 Å². The maximum Gasteiger partial charge on any atom is 0.306 e. The minimum atomic E-state index is -0.788. The molecule has 0 aliphatic rings. The third kappa shape index (κ3) is 68.7. The zero-order chi connectivity index (χ0) is 59.9. The number of allylic oxidation sites excluding steroid dienone is 18. The van der Waals surface area contributed by atoms with Gasteiger partial charge >= 0.3 is 17.9 Å². The highest BCUT2D eigenvalue weighted by Gasteiger charge is 2.19. The number of carbonyl (C=O) groups excluding carboxylic acids is 3. The molecule has 0 aromatic heterocycles. The van der Waals surface area contributed by atoms with E-state index in [0.717, 1.165) is 116 Å². The Kier molecular flexibility index (Phi) is 67.2. The van der Waals surface area contributed by atoms with Crippen LogP contribution in [0.5, 0.6) is 0 Å². The van der Waals surface area contributed by atoms with E-state index in [1.165, 1.54) is 186 Å². The highest BCUT2D eigenvalue weighted by atomic mass is 16.6. The summed E-state index contributed by atoms with van der Waals surface area (Å²) in [5.74, 6) is -0.887. The number of carbonyl (C=O) groups is 3. The lowest BCUT2D eigenvalue weighted by atomic mass is 10.0. The Hall–Kier alpha value is -3.93. The quantitative estimate of drug-likeness (QED) is 0.0261. The van der Waals surface area contributed by atoms with Gasteiger partial charge in [-0.15, -0.1) is 0 Å². The van der Waals surface area contributed by atoms with Gasteiger partial charge in [-0.2, -0.15) is 0 Å². The lowest BCUT2D eigenvalue weighted by Gasteiger charge is -2.18. The van der Waals surface area contributed by atoms with E-state index in [4.69, 9.17) is 14.2 Å². The van der Waals surface area contributed by atoms with Crippen molar-refractivity contribution in [3.8, 4) is 0 Å². The summed E-state index contributed by atoms with van der Waals surface area (Å²) in [6.45, 7) is 6.52. The molecule has 0 bridgehead atoms. The average molecular weight is 1150 g/mol. The normalized spacial score (nSPS) is 12.8. The Morgan fingerprint density at radius 3 is 0.771 bits per heavy atom. The summed E-state index contributed by atoms with van der Waals surface area (Å²) in [5, 5.41) is 0. The molecule has 0 saturated heterocycles. The van der Waals surface area contributed by atoms with E-state index in [2.05, 4.69) is 130 Å². The van der Waals surface area contributed by atoms with Crippen molar-refractivity contribution in [2.24, 2.45) is 0 Å². The Balaban J connectivity index is 4.29. The zero-order valence-corrected chi connectivity index (χ0v) is 54.7. The molecule has 0 heterocycles. The van der Waals surface area contributed by atoms with E-state index in [1.807, 2.05) is 0 Å². The molecule has 6 nitrogen and oxygen atoms in total. The van der Waals surface area contributed by atoms with Crippen LogP contribution in [0.2, 0.25) is 0 Å². The lowest BCUT2D eigenvalue weighted by Crippen LogP contribution is -2.30. The van der Waals surface area contributed by atoms with Crippen LogP contribution < -0.4 is 0 Å². The summed E-state index contributed by atoms with van der Waals surface area (Å²) in [6, 6.07) is 0. The molecule has 0 amide bonds. The van der Waals surface area contributed by atoms with Crippen molar-refractivity contribution < 1.29 is 28.6 Å². The molecule has 1 atom stereocenters. The van der Waals surface area contributed by atoms with Crippen LogP contribution in [0.3, 0.4) is 0 Å². The molecule has 0 rings (SSSR count). The minimum Gasteiger partial charge on any atom is -0.462 e. The SMILES string of the molecule is CC/C=C\C/C=C\C/C=C\C/C=C\C/C=C\C/C=C\CCCCCCCCCCCCCCC(=O)OCC(COC(=O)CCCCCCC/C=C\C/C=C\CCCCC)OC(=O)CCCCCCCCCCC/C=C\CCCCCCCC. The molecular weight excluding hydrogens is 1020 g/mol. The van der Waals surface area contributed by atoms with Crippen molar-refractivity contribution in [1.82, 2.24) is 0 Å². The number of rotatable bonds is 64. The van der Waals surface area contributed by atoms with E-state index in [1.54, 1.807) is 0 Å². The standard InChI is InChI=1S/C77H132O6/c1-4-7-10-13-16-19-22-25-28-30-32-33-34-35-36-37-38-39-40-41-42-43-45-46-49-52-55-58-61-64-67-70-76(79)82-73-74(72-81-75(78)69-66-63-60-57-54-51-48-27-24-21-18-15-12-9-6-3)83-77(80)71-68-65-62-59-56-53-50-47-44-31-29-26-23-20-17-14-11-8-5-2/h7,10,16,18-19,21,25-29,32-33,35-36,38-39,48,74H,4-6,8-9,11-15,17,20,22-24,30-31,34,37,40-47,49-73H2,1-3H3/b10-7-,19-16-,21-18-,28-25-,29-26-,33-32-,36-35-,39-38-,48-27-. The largest absolute Gasteiger partial charge is 0.462 e. The summed E-state index contributed by atoms with van der Waals surface area (Å²) >= 11 is 0. The first-order valence-electron chi connectivity index (χ1n) is 35.4. The molecular formula is C77H132O6. The number of ether oxygens (including phenoxy) is 3. The highest BCUT2D eigenvalue weighted by molar-refractivity contribution is 5.71. The van der Waals surface area contributed by atoms with Crippen LogP contribution in [0.15, 0.2) is 109 Å². The van der Waals surface area contributed by atoms with Crippen molar-refractivity contribution in [3.63, 3.8) is 0 Å². The van der Waals surface area contributed by atoms with Crippen molar-refractivity contribution >= 4 is 17.9 Å². The van der Waals surface area contributed by atoms with Gasteiger partial charge < -0.3 is 14.2 Å². The Bertz CT molecular complexity index is 1660. The van der Waals surface area contributed by atoms with Crippen LogP contribution in [0.4, 0.5) is 0 Å². The van der Waals surface area contributed by atoms with Gasteiger partial charge in [0, 0.05) is 19.3 Å². The minimum absolute atomic E-state index is 0.0828. The molecule has 0 aromatic carbocycles. The predicted octanol–water partition coefficient (Wildman–Crippen LogP) is 24.6. The monoisotopic (exact) mass is 1150 g/mol. The fraction of sp³-hybridized carbons (Fsp3) is 0.727. The van der Waals surface area contributed by atoms with E-state index in [-0.39, 0.29) is 31.1 Å². The Morgan fingerprint density at radius 1 is 0.253 bits per heavy atom. The Labute approximate surface area is 514 Å². The van der Waals surface area contributed by atoms with Crippen LogP contribution in [-0.4, -0.2) is 37.2 Å². The molecule has 0 radical (unpaired) electrons. The second-order valence-electron chi connectivity index (χ2n) is 23.4. The van der Waals surface area contributed by atoms with E-state index in [9.17, 15) is 14.4 Å². The van der Waals surface area contributed by atoms with Gasteiger partial charge in [-0.1, -0.05) is 304 Å². The molecule has 83 heavy (non-hydrogen) atoms. The van der Waals surface area contributed by atoms with Crippen LogP contribution in [-0.2, 0) is 28.6 Å². The van der Waals surface area contributed by atoms with Crippen molar-refractivity contribution in [1.29, 1.82) is 0 Å². The number of hydrogen-bond donors (Lipinski definition) is 0. The van der Waals surface area contributed by atoms with Gasteiger partial charge in [-0.05, 0) is 128 Å². The van der Waals surface area contributed by atoms with Gasteiger partial charge in [0.2, 0.25) is 0 Å². The number of hydrogen-bond acceptors (Lipinski definition) is 6. The average Bonchev–Trinajstić information content (AvgIpc) is 3.49. The van der Waals surface area contributed by atoms with Gasteiger partial charge in [0.1, 0.15) is 13.2 Å². The van der Waals surface area contributed by atoms with Gasteiger partial charge in [0.15, 0.2) is 6.10 Å². The fourth-order valence-corrected chi connectivity index (χ4v) is 9.94. The molecule has 0 fully saturated rings. The molecule has 0 aliphatic heterocycles. The summed E-state index contributed by atoms with van der Waals surface area (Å²) in [7, 11) is 0. The van der Waals surface area contributed by atoms with E-state index < -0.39 is 6.10 Å². The van der Waals surface area contributed by atoms with Crippen LogP contribution in [0.1, 0.15) is 342 Å². The zero-order valence-electron chi connectivity index (χ0n) is 54.7. The highest BCUT2D eigenvalue weighted by Crippen LogP contribution is 2.17. The molecule has 0 aromatic rings. The topological polar surface area (TPSA) is 78.9 Å². The first-order chi connectivity index (χ1) is 41.0. The smallest absolute Gasteiger partial charge is 0.306 e. The fourth-order valence-electron chi connectivity index (χ4n) is 9.94. The molecule has 6 heteroatoms. The maximum absolute atomic E-state index is 12.9. The molecule has 0 saturated carbocycles.